The number of nitrogens with zero attached hydrogens (tertiary/aromatic N) is 1. The molecule has 0 atom stereocenters. The van der Waals surface area contributed by atoms with Gasteiger partial charge in [0, 0.05) is 17.4 Å². The van der Waals surface area contributed by atoms with Crippen LogP contribution >= 0.6 is 11.8 Å². The molecular formula is C20H20N2O3S. The summed E-state index contributed by atoms with van der Waals surface area (Å²) < 4.78 is 10.5. The van der Waals surface area contributed by atoms with Crippen LogP contribution in [-0.2, 0) is 17.1 Å². The lowest BCUT2D eigenvalue weighted by atomic mass is 10.1. The van der Waals surface area contributed by atoms with Gasteiger partial charge in [0.15, 0.2) is 5.76 Å². The van der Waals surface area contributed by atoms with Crippen LogP contribution in [0.25, 0.3) is 11.3 Å². The smallest absolute Gasteiger partial charge is 0.230 e. The zero-order valence-electron chi connectivity index (χ0n) is 14.5. The number of rotatable bonds is 8. The van der Waals surface area contributed by atoms with Gasteiger partial charge in [-0.25, -0.2) is 0 Å². The van der Waals surface area contributed by atoms with E-state index in [1.54, 1.807) is 18.9 Å². The minimum absolute atomic E-state index is 0.0140. The molecule has 0 bridgehead atoms. The van der Waals surface area contributed by atoms with Crippen molar-refractivity contribution in [2.75, 3.05) is 12.9 Å². The Hall–Kier alpha value is -2.73. The fraction of sp³-hybridized carbons (Fsp3) is 0.200. The first-order chi connectivity index (χ1) is 12.7. The number of amides is 1. The maximum absolute atomic E-state index is 11.9. The number of methoxy groups -OCH3 is 1. The number of nitrogens with one attached hydrogen (secondary N) is 1. The molecule has 0 radical (unpaired) electrons. The number of thioether (sulfide) groups is 1. The first-order valence-electron chi connectivity index (χ1n) is 8.23. The Morgan fingerprint density at radius 1 is 1.15 bits per heavy atom. The minimum atomic E-state index is -0.0140. The van der Waals surface area contributed by atoms with Crippen molar-refractivity contribution < 1.29 is 14.1 Å². The maximum Gasteiger partial charge on any atom is 0.230 e. The molecule has 134 valence electrons. The zero-order valence-corrected chi connectivity index (χ0v) is 15.3. The SMILES string of the molecule is COc1ccc(-c2cc(CNC(=O)CSCc3ccccc3)no2)cc1. The molecular weight excluding hydrogens is 348 g/mol. The molecule has 1 N–H and O–H groups in total. The number of hydrogen-bond acceptors (Lipinski definition) is 5. The number of hydrogen-bond donors (Lipinski definition) is 1. The van der Waals surface area contributed by atoms with Crippen LogP contribution < -0.4 is 10.1 Å². The minimum Gasteiger partial charge on any atom is -0.497 e. The molecule has 0 spiro atoms. The molecule has 3 rings (SSSR count). The Balaban J connectivity index is 1.44. The van der Waals surface area contributed by atoms with Crippen LogP contribution in [0.5, 0.6) is 5.75 Å². The van der Waals surface area contributed by atoms with E-state index in [9.17, 15) is 4.79 Å². The third kappa shape index (κ3) is 5.13. The Labute approximate surface area is 156 Å². The van der Waals surface area contributed by atoms with E-state index >= 15 is 0 Å². The number of ether oxygens (including phenoxy) is 1. The average molecular weight is 368 g/mol. The highest BCUT2D eigenvalue weighted by atomic mass is 32.2. The summed E-state index contributed by atoms with van der Waals surface area (Å²) in [7, 11) is 1.63. The molecule has 0 saturated carbocycles. The molecule has 6 heteroatoms. The standard InChI is InChI=1S/C20H20N2O3S/c1-24-18-9-7-16(8-10-18)19-11-17(22-25-19)12-21-20(23)14-26-13-15-5-3-2-4-6-15/h2-11H,12-14H2,1H3,(H,21,23). The van der Waals surface area contributed by atoms with Crippen molar-refractivity contribution in [2.45, 2.75) is 12.3 Å². The van der Waals surface area contributed by atoms with Crippen LogP contribution in [0.2, 0.25) is 0 Å². The van der Waals surface area contributed by atoms with Gasteiger partial charge in [-0.2, -0.15) is 0 Å². The summed E-state index contributed by atoms with van der Waals surface area (Å²) in [6, 6.07) is 19.5. The Kier molecular flexibility index (Phi) is 6.33. The van der Waals surface area contributed by atoms with Gasteiger partial charge in [-0.15, -0.1) is 11.8 Å². The summed E-state index contributed by atoms with van der Waals surface area (Å²) in [4.78, 5) is 11.9. The lowest BCUT2D eigenvalue weighted by Gasteiger charge is -2.03. The van der Waals surface area contributed by atoms with E-state index in [1.807, 2.05) is 48.5 Å². The molecule has 2 aromatic carbocycles. The van der Waals surface area contributed by atoms with Crippen LogP contribution in [0, 0.1) is 0 Å². The summed E-state index contributed by atoms with van der Waals surface area (Å²) in [5, 5.41) is 6.87. The van der Waals surface area contributed by atoms with Crippen LogP contribution in [0.4, 0.5) is 0 Å². The summed E-state index contributed by atoms with van der Waals surface area (Å²) in [5.74, 6) is 2.67. The van der Waals surface area contributed by atoms with Gasteiger partial charge in [0.25, 0.3) is 0 Å². The Morgan fingerprint density at radius 2 is 1.92 bits per heavy atom. The molecule has 0 fully saturated rings. The Morgan fingerprint density at radius 3 is 2.65 bits per heavy atom. The summed E-state index contributed by atoms with van der Waals surface area (Å²) in [6.45, 7) is 0.352. The highest BCUT2D eigenvalue weighted by Gasteiger charge is 2.08. The van der Waals surface area contributed by atoms with Gasteiger partial charge in [-0.05, 0) is 29.8 Å². The monoisotopic (exact) mass is 368 g/mol. The molecule has 0 aliphatic heterocycles. The van der Waals surface area contributed by atoms with Crippen molar-refractivity contribution in [1.82, 2.24) is 10.5 Å². The second-order valence-corrected chi connectivity index (χ2v) is 6.65. The van der Waals surface area contributed by atoms with Gasteiger partial charge in [-0.3, -0.25) is 4.79 Å². The molecule has 3 aromatic rings. The third-order valence-corrected chi connectivity index (χ3v) is 4.75. The maximum atomic E-state index is 11.9. The number of carbonyl (C=O) groups excluding carboxylic acids is 1. The zero-order chi connectivity index (χ0) is 18.2. The van der Waals surface area contributed by atoms with Gasteiger partial charge in [-0.1, -0.05) is 35.5 Å². The first kappa shape index (κ1) is 18.1. The van der Waals surface area contributed by atoms with Crippen LogP contribution in [-0.4, -0.2) is 23.9 Å². The topological polar surface area (TPSA) is 64.4 Å². The predicted octanol–water partition coefficient (Wildman–Crippen LogP) is 3.90. The molecule has 5 nitrogen and oxygen atoms in total. The van der Waals surface area contributed by atoms with Crippen molar-refractivity contribution in [3.63, 3.8) is 0 Å². The summed E-state index contributed by atoms with van der Waals surface area (Å²) in [5.41, 5.74) is 2.82. The van der Waals surface area contributed by atoms with E-state index in [4.69, 9.17) is 9.26 Å². The molecule has 0 unspecified atom stereocenters. The second kappa shape index (κ2) is 9.10. The average Bonchev–Trinajstić information content (AvgIpc) is 3.16. The molecule has 0 aliphatic rings. The van der Waals surface area contributed by atoms with Crippen molar-refractivity contribution in [2.24, 2.45) is 0 Å². The van der Waals surface area contributed by atoms with Crippen molar-refractivity contribution in [3.05, 3.63) is 71.9 Å². The van der Waals surface area contributed by atoms with E-state index in [0.29, 0.717) is 23.8 Å². The molecule has 1 heterocycles. The quantitative estimate of drug-likeness (QED) is 0.653. The lowest BCUT2D eigenvalue weighted by molar-refractivity contribution is -0.118. The third-order valence-electron chi connectivity index (χ3n) is 3.74. The molecule has 26 heavy (non-hydrogen) atoms. The largest absolute Gasteiger partial charge is 0.497 e. The second-order valence-electron chi connectivity index (χ2n) is 5.67. The van der Waals surface area contributed by atoms with Gasteiger partial charge in [0.1, 0.15) is 11.4 Å². The lowest BCUT2D eigenvalue weighted by Crippen LogP contribution is -2.24. The molecule has 1 amide bonds. The molecule has 1 aromatic heterocycles. The van der Waals surface area contributed by atoms with Crippen LogP contribution in [0.15, 0.2) is 65.2 Å². The van der Waals surface area contributed by atoms with Gasteiger partial charge in [0.2, 0.25) is 5.91 Å². The van der Waals surface area contributed by atoms with E-state index in [-0.39, 0.29) is 5.91 Å². The van der Waals surface area contributed by atoms with E-state index in [2.05, 4.69) is 22.6 Å². The predicted molar refractivity (Wildman–Crippen MR) is 103 cm³/mol. The normalized spacial score (nSPS) is 10.5. The highest BCUT2D eigenvalue weighted by Crippen LogP contribution is 2.23. The fourth-order valence-electron chi connectivity index (χ4n) is 2.36. The van der Waals surface area contributed by atoms with E-state index in [0.717, 1.165) is 17.1 Å². The van der Waals surface area contributed by atoms with Gasteiger partial charge < -0.3 is 14.6 Å². The fourth-order valence-corrected chi connectivity index (χ4v) is 3.18. The summed E-state index contributed by atoms with van der Waals surface area (Å²) in [6.07, 6.45) is 0. The van der Waals surface area contributed by atoms with E-state index < -0.39 is 0 Å². The molecule has 0 saturated heterocycles. The van der Waals surface area contributed by atoms with Gasteiger partial charge in [0.05, 0.1) is 19.4 Å². The van der Waals surface area contributed by atoms with Crippen molar-refractivity contribution >= 4 is 17.7 Å². The van der Waals surface area contributed by atoms with Crippen LogP contribution in [0.3, 0.4) is 0 Å². The van der Waals surface area contributed by atoms with Gasteiger partial charge >= 0.3 is 0 Å². The van der Waals surface area contributed by atoms with Crippen LogP contribution in [0.1, 0.15) is 11.3 Å². The Bertz CT molecular complexity index is 832. The number of carbonyl (C=O) groups is 1. The number of benzene rings is 2. The first-order valence-corrected chi connectivity index (χ1v) is 9.38. The summed E-state index contributed by atoms with van der Waals surface area (Å²) >= 11 is 1.59. The van der Waals surface area contributed by atoms with Crippen molar-refractivity contribution in [3.8, 4) is 17.1 Å². The van der Waals surface area contributed by atoms with E-state index in [1.165, 1.54) is 5.56 Å². The number of aromatic nitrogens is 1. The van der Waals surface area contributed by atoms with Crippen molar-refractivity contribution in [1.29, 1.82) is 0 Å². The molecule has 0 aliphatic carbocycles. The highest BCUT2D eigenvalue weighted by molar-refractivity contribution is 7.99.